The van der Waals surface area contributed by atoms with Gasteiger partial charge in [0.1, 0.15) is 23.4 Å². The van der Waals surface area contributed by atoms with Crippen LogP contribution in [0.1, 0.15) is 12.2 Å². The van der Waals surface area contributed by atoms with Gasteiger partial charge < -0.3 is 14.5 Å². The first-order valence-electron chi connectivity index (χ1n) is 8.22. The summed E-state index contributed by atoms with van der Waals surface area (Å²) >= 11 is 4.33. The molecule has 0 aliphatic carbocycles. The summed E-state index contributed by atoms with van der Waals surface area (Å²) in [5.74, 6) is 1.66. The number of benzene rings is 1. The summed E-state index contributed by atoms with van der Waals surface area (Å²) in [4.78, 5) is 12.3. The Bertz CT molecular complexity index is 750. The lowest BCUT2D eigenvalue weighted by molar-refractivity contribution is 0.0631. The van der Waals surface area contributed by atoms with Crippen molar-refractivity contribution in [2.75, 3.05) is 24.2 Å². The maximum absolute atomic E-state index is 13.6. The molecule has 3 rings (SSSR count). The average molecular weight is 364 g/mol. The second-order valence-electron chi connectivity index (χ2n) is 6.10. The third kappa shape index (κ3) is 4.35. The molecule has 0 saturated carbocycles. The number of nitrogens with one attached hydrogen (secondary N) is 2. The lowest BCUT2D eigenvalue weighted by Crippen LogP contribution is -2.44. The highest BCUT2D eigenvalue weighted by Crippen LogP contribution is 2.30. The van der Waals surface area contributed by atoms with Crippen molar-refractivity contribution in [3.05, 3.63) is 41.9 Å². The number of carbonyl (C=O) groups is 1. The van der Waals surface area contributed by atoms with E-state index in [0.717, 1.165) is 13.0 Å². The Kier molecular flexibility index (Phi) is 5.65. The summed E-state index contributed by atoms with van der Waals surface area (Å²) in [6.45, 7) is 3.30. The molecule has 2 unspecified atom stereocenters. The summed E-state index contributed by atoms with van der Waals surface area (Å²) in [6, 6.07) is 7.63. The van der Waals surface area contributed by atoms with Gasteiger partial charge in [-0.25, -0.2) is 9.18 Å². The highest BCUT2D eigenvalue weighted by Gasteiger charge is 2.27. The zero-order chi connectivity index (χ0) is 17.8. The molecule has 7 heteroatoms. The Hall–Kier alpha value is -1.99. The number of carbonyl (C=O) groups excluding carboxylic acids is 1. The first-order chi connectivity index (χ1) is 12.1. The van der Waals surface area contributed by atoms with E-state index in [1.165, 1.54) is 18.2 Å². The van der Waals surface area contributed by atoms with Gasteiger partial charge in [-0.3, -0.25) is 5.32 Å². The Morgan fingerprint density at radius 3 is 3.00 bits per heavy atom. The third-order valence-electron chi connectivity index (χ3n) is 4.28. The normalized spacial score (nSPS) is 20.3. The predicted molar refractivity (Wildman–Crippen MR) is 97.6 cm³/mol. The van der Waals surface area contributed by atoms with Crippen molar-refractivity contribution in [2.45, 2.75) is 19.4 Å². The van der Waals surface area contributed by atoms with Gasteiger partial charge in [0.2, 0.25) is 0 Å². The Morgan fingerprint density at radius 1 is 1.44 bits per heavy atom. The third-order valence-corrected chi connectivity index (χ3v) is 4.75. The molecule has 5 nitrogen and oxygen atoms in total. The number of furan rings is 1. The van der Waals surface area contributed by atoms with Crippen molar-refractivity contribution >= 4 is 24.4 Å². The predicted octanol–water partition coefficient (Wildman–Crippen LogP) is 3.85. The van der Waals surface area contributed by atoms with Gasteiger partial charge in [0, 0.05) is 18.0 Å². The van der Waals surface area contributed by atoms with Crippen LogP contribution in [0.4, 0.5) is 14.9 Å². The minimum absolute atomic E-state index is 0.218. The molecule has 1 saturated heterocycles. The molecular weight excluding hydrogens is 343 g/mol. The molecule has 1 amide bonds. The smallest absolute Gasteiger partial charge is 0.411 e. The van der Waals surface area contributed by atoms with Crippen LogP contribution in [0.25, 0.3) is 11.3 Å². The summed E-state index contributed by atoms with van der Waals surface area (Å²) in [6.07, 6.45) is 0.104. The fraction of sp³-hybridized carbons (Fsp3) is 0.389. The van der Waals surface area contributed by atoms with Crippen LogP contribution in [0.2, 0.25) is 0 Å². The first kappa shape index (κ1) is 17.8. The monoisotopic (exact) mass is 364 g/mol. The van der Waals surface area contributed by atoms with E-state index in [4.69, 9.17) is 9.15 Å². The number of thiol groups is 1. The molecule has 1 fully saturated rings. The molecule has 1 aliphatic rings. The molecular formula is C18H21FN2O3S. The van der Waals surface area contributed by atoms with Crippen molar-refractivity contribution in [2.24, 2.45) is 5.92 Å². The number of hydrogen-bond acceptors (Lipinski definition) is 5. The van der Waals surface area contributed by atoms with E-state index in [-0.39, 0.29) is 12.0 Å². The van der Waals surface area contributed by atoms with E-state index >= 15 is 0 Å². The second-order valence-corrected chi connectivity index (χ2v) is 6.47. The Balaban J connectivity index is 1.75. The minimum atomic E-state index is -0.573. The van der Waals surface area contributed by atoms with Gasteiger partial charge in [-0.15, -0.1) is 0 Å². The highest BCUT2D eigenvalue weighted by atomic mass is 32.1. The molecule has 2 N–H and O–H groups in total. The van der Waals surface area contributed by atoms with E-state index in [1.807, 2.05) is 0 Å². The molecule has 2 heterocycles. The second kappa shape index (κ2) is 7.93. The van der Waals surface area contributed by atoms with E-state index < -0.39 is 11.9 Å². The molecule has 134 valence electrons. The summed E-state index contributed by atoms with van der Waals surface area (Å²) < 4.78 is 24.7. The van der Waals surface area contributed by atoms with Crippen molar-refractivity contribution in [1.82, 2.24) is 5.32 Å². The zero-order valence-electron chi connectivity index (χ0n) is 13.9. The maximum atomic E-state index is 13.6. The van der Waals surface area contributed by atoms with Crippen LogP contribution in [-0.4, -0.2) is 31.0 Å². The van der Waals surface area contributed by atoms with Gasteiger partial charge in [-0.2, -0.15) is 12.6 Å². The molecule has 2 aromatic rings. The zero-order valence-corrected chi connectivity index (χ0v) is 14.8. The van der Waals surface area contributed by atoms with Crippen LogP contribution >= 0.6 is 12.6 Å². The van der Waals surface area contributed by atoms with Gasteiger partial charge in [-0.05, 0) is 56.0 Å². The van der Waals surface area contributed by atoms with Crippen LogP contribution in [0.3, 0.4) is 0 Å². The number of piperidine rings is 1. The van der Waals surface area contributed by atoms with Crippen LogP contribution in [0.5, 0.6) is 0 Å². The van der Waals surface area contributed by atoms with Gasteiger partial charge >= 0.3 is 6.09 Å². The molecule has 25 heavy (non-hydrogen) atoms. The van der Waals surface area contributed by atoms with Gasteiger partial charge in [-0.1, -0.05) is 0 Å². The summed E-state index contributed by atoms with van der Waals surface area (Å²) in [5.41, 5.74) is 0.907. The number of amides is 1. The molecule has 0 radical (unpaired) electrons. The first-order valence-corrected chi connectivity index (χ1v) is 8.85. The number of ether oxygens (including phenoxy) is 1. The molecule has 1 aromatic carbocycles. The van der Waals surface area contributed by atoms with E-state index in [0.29, 0.717) is 35.1 Å². The van der Waals surface area contributed by atoms with Crippen LogP contribution in [0, 0.1) is 18.7 Å². The van der Waals surface area contributed by atoms with Crippen molar-refractivity contribution in [3.8, 4) is 11.3 Å². The van der Waals surface area contributed by atoms with E-state index in [2.05, 4.69) is 23.3 Å². The van der Waals surface area contributed by atoms with Crippen LogP contribution < -0.4 is 10.6 Å². The number of aryl methyl sites for hydroxylation is 1. The van der Waals surface area contributed by atoms with Gasteiger partial charge in [0.15, 0.2) is 0 Å². The summed E-state index contributed by atoms with van der Waals surface area (Å²) in [5, 5.41) is 5.91. The fourth-order valence-electron chi connectivity index (χ4n) is 2.92. The Morgan fingerprint density at radius 2 is 2.28 bits per heavy atom. The standard InChI is InChI=1S/C18H21FN2O3S/c1-11-2-5-16(23-11)14-8-13(19)3-4-15(14)21-18(22)24-17-9-20-7-6-12(17)10-25/h2-5,8,12,17,20,25H,6-7,9-10H2,1H3,(H,21,22). The largest absolute Gasteiger partial charge is 0.461 e. The SMILES string of the molecule is Cc1ccc(-c2cc(F)ccc2NC(=O)OC2CNCCC2CS)o1. The Labute approximate surface area is 151 Å². The topological polar surface area (TPSA) is 63.5 Å². The van der Waals surface area contributed by atoms with E-state index in [1.54, 1.807) is 19.1 Å². The van der Waals surface area contributed by atoms with Crippen molar-refractivity contribution in [1.29, 1.82) is 0 Å². The number of halogens is 1. The number of hydrogen-bond donors (Lipinski definition) is 3. The van der Waals surface area contributed by atoms with Crippen molar-refractivity contribution < 1.29 is 18.3 Å². The lowest BCUT2D eigenvalue weighted by Gasteiger charge is -2.30. The molecule has 0 spiro atoms. The number of rotatable bonds is 4. The average Bonchev–Trinajstić information content (AvgIpc) is 3.03. The van der Waals surface area contributed by atoms with Gasteiger partial charge in [0.05, 0.1) is 5.69 Å². The minimum Gasteiger partial charge on any atom is -0.461 e. The number of anilines is 1. The van der Waals surface area contributed by atoms with Crippen molar-refractivity contribution in [3.63, 3.8) is 0 Å². The van der Waals surface area contributed by atoms with Gasteiger partial charge in [0.25, 0.3) is 0 Å². The van der Waals surface area contributed by atoms with Crippen LogP contribution in [0.15, 0.2) is 34.7 Å². The maximum Gasteiger partial charge on any atom is 0.411 e. The molecule has 1 aliphatic heterocycles. The molecule has 0 bridgehead atoms. The molecule has 2 atom stereocenters. The quantitative estimate of drug-likeness (QED) is 0.721. The molecule has 1 aromatic heterocycles. The highest BCUT2D eigenvalue weighted by molar-refractivity contribution is 7.80. The fourth-order valence-corrected chi connectivity index (χ4v) is 3.33. The lowest BCUT2D eigenvalue weighted by atomic mass is 9.97. The summed E-state index contributed by atoms with van der Waals surface area (Å²) in [7, 11) is 0. The van der Waals surface area contributed by atoms with Crippen LogP contribution in [-0.2, 0) is 4.74 Å². The van der Waals surface area contributed by atoms with E-state index in [9.17, 15) is 9.18 Å².